The molecule has 2 aliphatic heterocycles. The van der Waals surface area contributed by atoms with Crippen molar-refractivity contribution in [1.82, 2.24) is 14.2 Å². The number of hydrogen-bond donors (Lipinski definition) is 1. The van der Waals surface area contributed by atoms with Crippen LogP contribution in [0.25, 0.3) is 0 Å². The van der Waals surface area contributed by atoms with Crippen molar-refractivity contribution in [2.75, 3.05) is 54.6 Å². The molecule has 1 N–H and O–H groups in total. The number of rotatable bonds is 5. The Kier molecular flexibility index (Phi) is 7.01. The molecule has 1 saturated heterocycles. The maximum absolute atomic E-state index is 13.0. The molecule has 1 fully saturated rings. The van der Waals surface area contributed by atoms with Crippen LogP contribution in [0, 0.1) is 0 Å². The Morgan fingerprint density at radius 2 is 1.88 bits per heavy atom. The number of carbonyl (C=O) groups excluding carboxylic acids is 2. The fourth-order valence-corrected chi connectivity index (χ4v) is 5.31. The number of hydrogen-bond acceptors (Lipinski definition) is 7. The Morgan fingerprint density at radius 3 is 2.53 bits per heavy atom. The molecular formula is C24H32N6O3S. The zero-order valence-corrected chi connectivity index (χ0v) is 21.1. The summed E-state index contributed by atoms with van der Waals surface area (Å²) in [7, 11) is 1.77. The summed E-state index contributed by atoms with van der Waals surface area (Å²) in [5, 5.41) is 3.31. The summed E-state index contributed by atoms with van der Waals surface area (Å²) in [6.45, 7) is 8.37. The van der Waals surface area contributed by atoms with Gasteiger partial charge in [-0.1, -0.05) is 6.07 Å². The summed E-state index contributed by atoms with van der Waals surface area (Å²) < 4.78 is 13.5. The molecule has 4 rings (SSSR count). The largest absolute Gasteiger partial charge is 0.598 e. The average molecular weight is 485 g/mol. The van der Waals surface area contributed by atoms with E-state index in [4.69, 9.17) is 0 Å². The Hall–Kier alpha value is -2.82. The van der Waals surface area contributed by atoms with Crippen molar-refractivity contribution in [3.8, 4) is 0 Å². The van der Waals surface area contributed by atoms with E-state index in [1.165, 1.54) is 0 Å². The highest BCUT2D eigenvalue weighted by atomic mass is 32.2. The summed E-state index contributed by atoms with van der Waals surface area (Å²) in [6, 6.07) is 9.21. The van der Waals surface area contributed by atoms with Crippen LogP contribution in [-0.4, -0.2) is 82.1 Å². The van der Waals surface area contributed by atoms with E-state index < -0.39 is 11.4 Å². The van der Waals surface area contributed by atoms with Crippen LogP contribution in [-0.2, 0) is 16.2 Å². The number of piperazine rings is 1. The zero-order chi connectivity index (χ0) is 24.6. The molecular weight excluding hydrogens is 452 g/mol. The van der Waals surface area contributed by atoms with Gasteiger partial charge < -0.3 is 24.6 Å². The molecule has 1 aromatic heterocycles. The lowest BCUT2D eigenvalue weighted by molar-refractivity contribution is -0.119. The Labute approximate surface area is 204 Å². The van der Waals surface area contributed by atoms with Crippen molar-refractivity contribution in [2.45, 2.75) is 32.9 Å². The summed E-state index contributed by atoms with van der Waals surface area (Å²) >= 11 is -1.01. The van der Waals surface area contributed by atoms with Crippen molar-refractivity contribution in [3.63, 3.8) is 0 Å². The van der Waals surface area contributed by atoms with E-state index in [2.05, 4.69) is 29.0 Å². The molecule has 2 aromatic rings. The smallest absolute Gasteiger partial charge is 0.254 e. The molecule has 2 aliphatic rings. The molecule has 10 heteroatoms. The van der Waals surface area contributed by atoms with Crippen LogP contribution in [0.5, 0.6) is 0 Å². The van der Waals surface area contributed by atoms with Gasteiger partial charge in [-0.2, -0.15) is 0 Å². The highest BCUT2D eigenvalue weighted by Crippen LogP contribution is 2.38. The molecule has 3 heterocycles. The average Bonchev–Trinajstić information content (AvgIpc) is 2.82. The number of fused-ring (bicyclic) bond motifs is 1. The number of likely N-dealkylation sites (N-methyl/N-ethyl adjacent to an activating group) is 1. The molecule has 34 heavy (non-hydrogen) atoms. The Bertz CT molecular complexity index is 1070. The molecule has 0 radical (unpaired) electrons. The summed E-state index contributed by atoms with van der Waals surface area (Å²) in [5.41, 5.74) is 3.08. The first kappa shape index (κ1) is 24.3. The molecule has 1 unspecified atom stereocenters. The fraction of sp³-hybridized carbons (Fsp3) is 0.458. The summed E-state index contributed by atoms with van der Waals surface area (Å²) in [5.74, 6) is 0.646. The first-order chi connectivity index (χ1) is 16.2. The SMILES string of the molecule is CC(C)N1c2cc(Nc3cccc(C(=O)N4CCN([S@@+](C)[O-])CC4)c3)ncc2N(C)C(=O)C1C. The van der Waals surface area contributed by atoms with Gasteiger partial charge in [-0.15, -0.1) is 4.31 Å². The number of pyridine rings is 1. The van der Waals surface area contributed by atoms with Gasteiger partial charge in [0.05, 0.1) is 30.7 Å². The number of amides is 2. The predicted molar refractivity (Wildman–Crippen MR) is 136 cm³/mol. The predicted octanol–water partition coefficient (Wildman–Crippen LogP) is 2.46. The van der Waals surface area contributed by atoms with Crippen LogP contribution in [0.1, 0.15) is 31.1 Å². The lowest BCUT2D eigenvalue weighted by Gasteiger charge is -2.42. The molecule has 0 aliphatic carbocycles. The first-order valence-electron chi connectivity index (χ1n) is 11.5. The zero-order valence-electron chi connectivity index (χ0n) is 20.3. The molecule has 182 valence electrons. The third-order valence-corrected chi connectivity index (χ3v) is 7.53. The highest BCUT2D eigenvalue weighted by molar-refractivity contribution is 7.88. The standard InChI is InChI=1S/C24H32N6O3S/c1-16(2)30-17(3)23(31)27(4)21-15-25-22(14-20(21)30)26-19-8-6-7-18(13-19)24(32)28-9-11-29(12-10-28)34(5)33/h6-8,13-17H,9-12H2,1-5H3,(H,25,26)/t17?,34-/m1/s1. The van der Waals surface area contributed by atoms with Gasteiger partial charge in [0, 0.05) is 54.9 Å². The molecule has 0 spiro atoms. The second-order valence-corrected chi connectivity index (χ2v) is 10.3. The van der Waals surface area contributed by atoms with Gasteiger partial charge in [-0.25, -0.2) is 4.98 Å². The third kappa shape index (κ3) is 4.70. The van der Waals surface area contributed by atoms with Crippen LogP contribution in [0.3, 0.4) is 0 Å². The van der Waals surface area contributed by atoms with Gasteiger partial charge in [-0.05, 0) is 39.0 Å². The summed E-state index contributed by atoms with van der Waals surface area (Å²) in [6.07, 6.45) is 3.38. The molecule has 2 atom stereocenters. The highest BCUT2D eigenvalue weighted by Gasteiger charge is 2.35. The fourth-order valence-electron chi connectivity index (χ4n) is 4.63. The van der Waals surface area contributed by atoms with Crippen molar-refractivity contribution >= 4 is 46.1 Å². The topological polar surface area (TPSA) is 95.1 Å². The van der Waals surface area contributed by atoms with Crippen molar-refractivity contribution < 1.29 is 14.1 Å². The van der Waals surface area contributed by atoms with E-state index in [0.29, 0.717) is 37.6 Å². The van der Waals surface area contributed by atoms with E-state index in [1.54, 1.807) is 35.4 Å². The van der Waals surface area contributed by atoms with Crippen LogP contribution in [0.15, 0.2) is 36.5 Å². The van der Waals surface area contributed by atoms with Crippen LogP contribution in [0.2, 0.25) is 0 Å². The van der Waals surface area contributed by atoms with Crippen molar-refractivity contribution in [1.29, 1.82) is 0 Å². The van der Waals surface area contributed by atoms with Crippen molar-refractivity contribution in [3.05, 3.63) is 42.1 Å². The van der Waals surface area contributed by atoms with Gasteiger partial charge in [0.25, 0.3) is 5.91 Å². The summed E-state index contributed by atoms with van der Waals surface area (Å²) in [4.78, 5) is 35.8. The quantitative estimate of drug-likeness (QED) is 0.652. The maximum Gasteiger partial charge on any atom is 0.254 e. The first-order valence-corrected chi connectivity index (χ1v) is 13.0. The Morgan fingerprint density at radius 1 is 1.18 bits per heavy atom. The van der Waals surface area contributed by atoms with Crippen LogP contribution in [0.4, 0.5) is 22.9 Å². The lowest BCUT2D eigenvalue weighted by atomic mass is 10.1. The second-order valence-electron chi connectivity index (χ2n) is 8.98. The number of carbonyl (C=O) groups is 2. The van der Waals surface area contributed by atoms with Gasteiger partial charge in [0.1, 0.15) is 18.1 Å². The molecule has 0 saturated carbocycles. The van der Waals surface area contributed by atoms with Crippen LogP contribution >= 0.6 is 0 Å². The lowest BCUT2D eigenvalue weighted by Crippen LogP contribution is -2.53. The van der Waals surface area contributed by atoms with Gasteiger partial charge in [0.2, 0.25) is 5.91 Å². The number of nitrogens with one attached hydrogen (secondary N) is 1. The maximum atomic E-state index is 13.0. The van der Waals surface area contributed by atoms with Gasteiger partial charge in [0.15, 0.2) is 0 Å². The van der Waals surface area contributed by atoms with E-state index in [9.17, 15) is 14.1 Å². The van der Waals surface area contributed by atoms with E-state index >= 15 is 0 Å². The Balaban J connectivity index is 1.53. The molecule has 9 nitrogen and oxygen atoms in total. The number of anilines is 4. The minimum Gasteiger partial charge on any atom is -0.598 e. The number of benzene rings is 1. The number of aromatic nitrogens is 1. The minimum absolute atomic E-state index is 0.0384. The monoisotopic (exact) mass is 484 g/mol. The molecule has 1 aromatic carbocycles. The van der Waals surface area contributed by atoms with Crippen LogP contribution < -0.4 is 15.1 Å². The van der Waals surface area contributed by atoms with E-state index in [-0.39, 0.29) is 23.9 Å². The van der Waals surface area contributed by atoms with Gasteiger partial charge in [-0.3, -0.25) is 9.59 Å². The molecule has 2 amide bonds. The molecule has 0 bridgehead atoms. The van der Waals surface area contributed by atoms with E-state index in [1.807, 2.05) is 35.5 Å². The third-order valence-electron chi connectivity index (χ3n) is 6.43. The van der Waals surface area contributed by atoms with Gasteiger partial charge >= 0.3 is 0 Å². The normalized spacial score (nSPS) is 19.9. The van der Waals surface area contributed by atoms with Crippen molar-refractivity contribution in [2.24, 2.45) is 0 Å². The minimum atomic E-state index is -1.01. The number of nitrogens with zero attached hydrogens (tertiary/aromatic N) is 5. The van der Waals surface area contributed by atoms with E-state index in [0.717, 1.165) is 17.1 Å². The second kappa shape index (κ2) is 9.81.